The van der Waals surface area contributed by atoms with Crippen LogP contribution in [0.3, 0.4) is 0 Å². The van der Waals surface area contributed by atoms with Gasteiger partial charge in [-0.2, -0.15) is 0 Å². The molecule has 142 valence electrons. The molecule has 0 aliphatic heterocycles. The topological polar surface area (TPSA) is 61.0 Å². The summed E-state index contributed by atoms with van der Waals surface area (Å²) in [5.41, 5.74) is 4.19. The largest absolute Gasteiger partial charge is 0.493 e. The molecule has 0 amide bonds. The van der Waals surface area contributed by atoms with Gasteiger partial charge in [0.05, 0.1) is 17.9 Å². The molecule has 0 bridgehead atoms. The number of aromatic nitrogens is 3. The van der Waals surface area contributed by atoms with E-state index in [1.54, 1.807) is 11.3 Å². The van der Waals surface area contributed by atoms with Crippen molar-refractivity contribution in [2.24, 2.45) is 0 Å². The molecule has 0 spiro atoms. The second kappa shape index (κ2) is 8.58. The van der Waals surface area contributed by atoms with Gasteiger partial charge in [0, 0.05) is 16.7 Å². The number of thiazole rings is 1. The van der Waals surface area contributed by atoms with Crippen molar-refractivity contribution in [1.29, 1.82) is 0 Å². The zero-order valence-corrected chi connectivity index (χ0v) is 17.2. The van der Waals surface area contributed by atoms with Crippen LogP contribution in [-0.2, 0) is 5.75 Å². The van der Waals surface area contributed by atoms with Crippen molar-refractivity contribution in [2.75, 3.05) is 6.61 Å². The van der Waals surface area contributed by atoms with Gasteiger partial charge in [0.15, 0.2) is 0 Å². The van der Waals surface area contributed by atoms with E-state index in [9.17, 15) is 0 Å². The van der Waals surface area contributed by atoms with E-state index in [1.165, 1.54) is 17.3 Å². The summed E-state index contributed by atoms with van der Waals surface area (Å²) in [6.45, 7) is 4.61. The van der Waals surface area contributed by atoms with Crippen molar-refractivity contribution in [3.63, 3.8) is 0 Å². The number of ether oxygens (including phenoxy) is 1. The van der Waals surface area contributed by atoms with Crippen LogP contribution in [0.15, 0.2) is 63.6 Å². The minimum Gasteiger partial charge on any atom is -0.493 e. The molecule has 2 aromatic heterocycles. The van der Waals surface area contributed by atoms with Crippen LogP contribution >= 0.6 is 23.1 Å². The smallest absolute Gasteiger partial charge is 0.277 e. The molecule has 0 N–H and O–H groups in total. The molecule has 0 saturated carbocycles. The monoisotopic (exact) mass is 409 g/mol. The van der Waals surface area contributed by atoms with Crippen LogP contribution in [0.25, 0.3) is 22.0 Å². The molecule has 2 heterocycles. The fraction of sp³-hybridized carbons (Fsp3) is 0.190. The van der Waals surface area contributed by atoms with E-state index in [4.69, 9.17) is 14.1 Å². The van der Waals surface area contributed by atoms with E-state index >= 15 is 0 Å². The van der Waals surface area contributed by atoms with Gasteiger partial charge in [0.2, 0.25) is 0 Å². The standard InChI is InChI=1S/C21H19N3O2S2/c1-3-25-18-7-5-4-6-17(18)19-23-24-21(26-19)28-13-16-12-27-20(22-16)15-10-8-14(2)9-11-15/h4-12H,3,13H2,1-2H3. The van der Waals surface area contributed by atoms with E-state index in [1.807, 2.05) is 31.2 Å². The number of thioether (sulfide) groups is 1. The Hall–Kier alpha value is -2.64. The van der Waals surface area contributed by atoms with Crippen molar-refractivity contribution < 1.29 is 9.15 Å². The fourth-order valence-electron chi connectivity index (χ4n) is 2.64. The highest BCUT2D eigenvalue weighted by Crippen LogP contribution is 2.32. The molecule has 0 radical (unpaired) electrons. The molecule has 0 aliphatic carbocycles. The maximum atomic E-state index is 5.82. The number of aryl methyl sites for hydroxylation is 1. The van der Waals surface area contributed by atoms with E-state index in [2.05, 4.69) is 46.8 Å². The Bertz CT molecular complexity index is 1060. The summed E-state index contributed by atoms with van der Waals surface area (Å²) in [6.07, 6.45) is 0. The van der Waals surface area contributed by atoms with Crippen molar-refractivity contribution in [2.45, 2.75) is 24.8 Å². The van der Waals surface area contributed by atoms with Crippen LogP contribution in [0.1, 0.15) is 18.2 Å². The average molecular weight is 410 g/mol. The number of para-hydroxylation sites is 1. The van der Waals surface area contributed by atoms with Gasteiger partial charge >= 0.3 is 0 Å². The SMILES string of the molecule is CCOc1ccccc1-c1nnc(SCc2csc(-c3ccc(C)cc3)n2)o1. The number of rotatable bonds is 7. The van der Waals surface area contributed by atoms with Crippen LogP contribution in [0.4, 0.5) is 0 Å². The van der Waals surface area contributed by atoms with Crippen molar-refractivity contribution in [3.05, 3.63) is 65.2 Å². The molecule has 4 rings (SSSR count). The van der Waals surface area contributed by atoms with E-state index in [0.717, 1.165) is 27.6 Å². The summed E-state index contributed by atoms with van der Waals surface area (Å²) in [6, 6.07) is 16.1. The number of hydrogen-bond donors (Lipinski definition) is 0. The Kier molecular flexibility index (Phi) is 5.73. The zero-order chi connectivity index (χ0) is 19.3. The Balaban J connectivity index is 1.44. The summed E-state index contributed by atoms with van der Waals surface area (Å²) in [4.78, 5) is 4.72. The lowest BCUT2D eigenvalue weighted by atomic mass is 10.2. The van der Waals surface area contributed by atoms with Crippen LogP contribution in [-0.4, -0.2) is 21.8 Å². The summed E-state index contributed by atoms with van der Waals surface area (Å²) < 4.78 is 11.5. The predicted molar refractivity (Wildman–Crippen MR) is 113 cm³/mol. The first-order chi connectivity index (χ1) is 13.7. The number of nitrogens with zero attached hydrogens (tertiary/aromatic N) is 3. The summed E-state index contributed by atoms with van der Waals surface area (Å²) in [5, 5.41) is 11.9. The molecule has 0 aliphatic rings. The first-order valence-corrected chi connectivity index (χ1v) is 10.8. The summed E-state index contributed by atoms with van der Waals surface area (Å²) >= 11 is 3.13. The molecule has 0 unspecified atom stereocenters. The van der Waals surface area contributed by atoms with Gasteiger partial charge in [-0.1, -0.05) is 53.7 Å². The third-order valence-corrected chi connectivity index (χ3v) is 5.81. The lowest BCUT2D eigenvalue weighted by Crippen LogP contribution is -1.93. The minimum absolute atomic E-state index is 0.463. The van der Waals surface area contributed by atoms with Crippen LogP contribution in [0.2, 0.25) is 0 Å². The molecule has 0 fully saturated rings. The molecule has 2 aromatic carbocycles. The quantitative estimate of drug-likeness (QED) is 0.356. The molecule has 4 aromatic rings. The Labute approximate surface area is 171 Å². The van der Waals surface area contributed by atoms with Crippen molar-refractivity contribution in [1.82, 2.24) is 15.2 Å². The molecule has 7 heteroatoms. The fourth-order valence-corrected chi connectivity index (χ4v) is 4.23. The molecule has 28 heavy (non-hydrogen) atoms. The predicted octanol–water partition coefficient (Wildman–Crippen LogP) is 5.86. The highest BCUT2D eigenvalue weighted by Gasteiger charge is 2.14. The Morgan fingerprint density at radius 3 is 2.71 bits per heavy atom. The summed E-state index contributed by atoms with van der Waals surface area (Å²) in [5.74, 6) is 1.88. The molecule has 0 saturated heterocycles. The van der Waals surface area contributed by atoms with E-state index in [-0.39, 0.29) is 0 Å². The van der Waals surface area contributed by atoms with Crippen LogP contribution < -0.4 is 4.74 Å². The third-order valence-electron chi connectivity index (χ3n) is 4.02. The van der Waals surface area contributed by atoms with Gasteiger partial charge in [-0.15, -0.1) is 21.5 Å². The van der Waals surface area contributed by atoms with E-state index < -0.39 is 0 Å². The van der Waals surface area contributed by atoms with Gasteiger partial charge in [-0.3, -0.25) is 0 Å². The maximum Gasteiger partial charge on any atom is 0.277 e. The number of benzene rings is 2. The van der Waals surface area contributed by atoms with Crippen molar-refractivity contribution >= 4 is 23.1 Å². The lowest BCUT2D eigenvalue weighted by molar-refractivity contribution is 0.340. The van der Waals surface area contributed by atoms with Crippen LogP contribution in [0.5, 0.6) is 5.75 Å². The van der Waals surface area contributed by atoms with Gasteiger partial charge in [0.25, 0.3) is 11.1 Å². The highest BCUT2D eigenvalue weighted by molar-refractivity contribution is 7.98. The van der Waals surface area contributed by atoms with Gasteiger partial charge in [0.1, 0.15) is 10.8 Å². The average Bonchev–Trinajstić information content (AvgIpc) is 3.37. The molecular formula is C21H19N3O2S2. The molecular weight excluding hydrogens is 390 g/mol. The Morgan fingerprint density at radius 2 is 1.89 bits per heavy atom. The van der Waals surface area contributed by atoms with E-state index in [0.29, 0.717) is 23.5 Å². The van der Waals surface area contributed by atoms with Crippen molar-refractivity contribution in [3.8, 4) is 27.8 Å². The van der Waals surface area contributed by atoms with Gasteiger partial charge in [-0.25, -0.2) is 4.98 Å². The normalized spacial score (nSPS) is 10.9. The maximum absolute atomic E-state index is 5.82. The minimum atomic E-state index is 0.463. The second-order valence-electron chi connectivity index (χ2n) is 6.10. The molecule has 0 atom stereocenters. The molecule has 5 nitrogen and oxygen atoms in total. The zero-order valence-electron chi connectivity index (χ0n) is 15.6. The Morgan fingerprint density at radius 1 is 1.07 bits per heavy atom. The highest BCUT2D eigenvalue weighted by atomic mass is 32.2. The first kappa shape index (κ1) is 18.7. The van der Waals surface area contributed by atoms with Gasteiger partial charge in [-0.05, 0) is 26.0 Å². The third kappa shape index (κ3) is 4.26. The lowest BCUT2D eigenvalue weighted by Gasteiger charge is -2.05. The summed E-state index contributed by atoms with van der Waals surface area (Å²) in [7, 11) is 0. The van der Waals surface area contributed by atoms with Gasteiger partial charge < -0.3 is 9.15 Å². The number of hydrogen-bond acceptors (Lipinski definition) is 7. The first-order valence-electron chi connectivity index (χ1n) is 8.93. The second-order valence-corrected chi connectivity index (χ2v) is 7.89. The van der Waals surface area contributed by atoms with Crippen LogP contribution in [0, 0.1) is 6.92 Å².